The topological polar surface area (TPSA) is 88.1 Å². The Kier molecular flexibility index (Phi) is 3.73. The van der Waals surface area contributed by atoms with Gasteiger partial charge in [0.2, 0.25) is 0 Å². The van der Waals surface area contributed by atoms with Crippen LogP contribution in [0.5, 0.6) is 11.5 Å². The maximum absolute atomic E-state index is 5.43. The molecule has 0 aliphatic carbocycles. The molecule has 0 saturated carbocycles. The number of tetrazole rings is 1. The third-order valence-electron chi connectivity index (χ3n) is 2.41. The molecule has 7 nitrogen and oxygen atoms in total. The van der Waals surface area contributed by atoms with Crippen LogP contribution in [0.2, 0.25) is 0 Å². The number of hydrogen-bond donors (Lipinski definition) is 1. The molecule has 96 valence electrons. The number of nitrogens with two attached hydrogens (primary N) is 1. The number of hydrogen-bond acceptors (Lipinski definition) is 6. The number of methoxy groups -OCH3 is 2. The van der Waals surface area contributed by atoms with Crippen molar-refractivity contribution in [2.75, 3.05) is 14.2 Å². The van der Waals surface area contributed by atoms with Crippen molar-refractivity contribution in [3.8, 4) is 11.5 Å². The van der Waals surface area contributed by atoms with Crippen molar-refractivity contribution in [1.29, 1.82) is 0 Å². The first-order valence-electron chi connectivity index (χ1n) is 5.44. The van der Waals surface area contributed by atoms with E-state index in [1.54, 1.807) is 14.2 Å². The van der Waals surface area contributed by atoms with E-state index in [1.165, 1.54) is 4.80 Å². The van der Waals surface area contributed by atoms with E-state index < -0.39 is 0 Å². The van der Waals surface area contributed by atoms with E-state index in [0.717, 1.165) is 17.1 Å². The van der Waals surface area contributed by atoms with Crippen molar-refractivity contribution in [3.05, 3.63) is 29.6 Å². The molecule has 0 aliphatic heterocycles. The molecule has 7 heteroatoms. The van der Waals surface area contributed by atoms with E-state index >= 15 is 0 Å². The van der Waals surface area contributed by atoms with Gasteiger partial charge >= 0.3 is 0 Å². The molecule has 2 rings (SSSR count). The molecule has 0 radical (unpaired) electrons. The Bertz CT molecular complexity index is 504. The molecule has 2 N–H and O–H groups in total. The summed E-state index contributed by atoms with van der Waals surface area (Å²) >= 11 is 0. The first-order valence-corrected chi connectivity index (χ1v) is 5.44. The fourth-order valence-corrected chi connectivity index (χ4v) is 1.55. The molecule has 0 amide bonds. The van der Waals surface area contributed by atoms with Gasteiger partial charge in [0.25, 0.3) is 0 Å². The lowest BCUT2D eigenvalue weighted by atomic mass is 10.2. The van der Waals surface area contributed by atoms with Crippen LogP contribution in [0.4, 0.5) is 0 Å². The van der Waals surface area contributed by atoms with Gasteiger partial charge in [0, 0.05) is 6.07 Å². The second-order valence-corrected chi connectivity index (χ2v) is 3.66. The highest BCUT2D eigenvalue weighted by atomic mass is 16.5. The lowest BCUT2D eigenvalue weighted by Crippen LogP contribution is -2.06. The van der Waals surface area contributed by atoms with Crippen LogP contribution in [0.3, 0.4) is 0 Å². The van der Waals surface area contributed by atoms with Crippen molar-refractivity contribution in [2.24, 2.45) is 5.73 Å². The summed E-state index contributed by atoms with van der Waals surface area (Å²) in [5.74, 6) is 1.97. The van der Waals surface area contributed by atoms with Gasteiger partial charge in [-0.2, -0.15) is 4.80 Å². The molecule has 0 bridgehead atoms. The summed E-state index contributed by atoms with van der Waals surface area (Å²) in [6, 6.07) is 5.60. The van der Waals surface area contributed by atoms with Crippen LogP contribution in [0, 0.1) is 0 Å². The molecular weight excluding hydrogens is 234 g/mol. The predicted octanol–water partition coefficient (Wildman–Crippen LogP) is 0.197. The Morgan fingerprint density at radius 2 is 1.83 bits per heavy atom. The van der Waals surface area contributed by atoms with Crippen molar-refractivity contribution < 1.29 is 9.47 Å². The highest BCUT2D eigenvalue weighted by Crippen LogP contribution is 2.22. The summed E-state index contributed by atoms with van der Waals surface area (Å²) in [5, 5.41) is 11.8. The molecule has 1 aromatic carbocycles. The summed E-state index contributed by atoms with van der Waals surface area (Å²) in [7, 11) is 3.22. The molecule has 2 aromatic rings. The molecule has 0 spiro atoms. The molecule has 0 atom stereocenters. The number of aromatic nitrogens is 4. The summed E-state index contributed by atoms with van der Waals surface area (Å²) in [4.78, 5) is 1.48. The number of rotatable bonds is 5. The van der Waals surface area contributed by atoms with Gasteiger partial charge in [-0.25, -0.2) is 0 Å². The maximum atomic E-state index is 5.43. The monoisotopic (exact) mass is 249 g/mol. The largest absolute Gasteiger partial charge is 0.497 e. The van der Waals surface area contributed by atoms with E-state index in [9.17, 15) is 0 Å². The van der Waals surface area contributed by atoms with Crippen LogP contribution >= 0.6 is 0 Å². The third-order valence-corrected chi connectivity index (χ3v) is 2.41. The van der Waals surface area contributed by atoms with Gasteiger partial charge < -0.3 is 15.2 Å². The standard InChI is InChI=1S/C11H15N5O2/c1-17-9-3-8(4-10(5-9)18-2)7-16-14-11(6-12)13-15-16/h3-5H,6-7,12H2,1-2H3. The van der Waals surface area contributed by atoms with Gasteiger partial charge in [0.1, 0.15) is 11.5 Å². The Morgan fingerprint density at radius 1 is 1.17 bits per heavy atom. The highest BCUT2D eigenvalue weighted by molar-refractivity contribution is 5.38. The molecule has 0 unspecified atom stereocenters. The van der Waals surface area contributed by atoms with Crippen LogP contribution in [0.25, 0.3) is 0 Å². The van der Waals surface area contributed by atoms with Crippen LogP contribution in [0.1, 0.15) is 11.4 Å². The Hall–Kier alpha value is -2.15. The van der Waals surface area contributed by atoms with Crippen molar-refractivity contribution >= 4 is 0 Å². The number of benzene rings is 1. The van der Waals surface area contributed by atoms with Crippen LogP contribution in [-0.2, 0) is 13.1 Å². The Balaban J connectivity index is 2.22. The normalized spacial score (nSPS) is 10.4. The Labute approximate surface area is 104 Å². The van der Waals surface area contributed by atoms with Crippen molar-refractivity contribution in [3.63, 3.8) is 0 Å². The summed E-state index contributed by atoms with van der Waals surface area (Å²) < 4.78 is 10.4. The minimum atomic E-state index is 0.279. The smallest absolute Gasteiger partial charge is 0.188 e. The average molecular weight is 249 g/mol. The first-order chi connectivity index (χ1) is 8.75. The number of nitrogens with zero attached hydrogens (tertiary/aromatic N) is 4. The predicted molar refractivity (Wildman–Crippen MR) is 64.4 cm³/mol. The van der Waals surface area contributed by atoms with E-state index in [0.29, 0.717) is 12.4 Å². The lowest BCUT2D eigenvalue weighted by molar-refractivity contribution is 0.392. The zero-order valence-corrected chi connectivity index (χ0v) is 10.3. The van der Waals surface area contributed by atoms with E-state index in [1.807, 2.05) is 18.2 Å². The van der Waals surface area contributed by atoms with Crippen LogP contribution < -0.4 is 15.2 Å². The summed E-state index contributed by atoms with van der Waals surface area (Å²) in [6.45, 7) is 0.766. The average Bonchev–Trinajstić information content (AvgIpc) is 2.85. The van der Waals surface area contributed by atoms with Gasteiger partial charge in [0.05, 0.1) is 27.3 Å². The van der Waals surface area contributed by atoms with Crippen LogP contribution in [0.15, 0.2) is 18.2 Å². The number of ether oxygens (including phenoxy) is 2. The quantitative estimate of drug-likeness (QED) is 0.814. The second-order valence-electron chi connectivity index (χ2n) is 3.66. The fraction of sp³-hybridized carbons (Fsp3) is 0.364. The molecule has 0 aliphatic rings. The van der Waals surface area contributed by atoms with E-state index in [4.69, 9.17) is 15.2 Å². The molecule has 1 aromatic heterocycles. The SMILES string of the molecule is COc1cc(Cn2nnc(CN)n2)cc(OC)c1. The summed E-state index contributed by atoms with van der Waals surface area (Å²) in [6.07, 6.45) is 0. The maximum Gasteiger partial charge on any atom is 0.188 e. The molecule has 1 heterocycles. The van der Waals surface area contributed by atoms with Crippen molar-refractivity contribution in [1.82, 2.24) is 20.2 Å². The molecule has 0 fully saturated rings. The Morgan fingerprint density at radius 3 is 2.33 bits per heavy atom. The van der Waals surface area contributed by atoms with Crippen LogP contribution in [-0.4, -0.2) is 34.4 Å². The second kappa shape index (κ2) is 5.46. The van der Waals surface area contributed by atoms with Gasteiger partial charge in [-0.15, -0.1) is 10.2 Å². The summed E-state index contributed by atoms with van der Waals surface area (Å²) in [5.41, 5.74) is 6.39. The van der Waals surface area contributed by atoms with E-state index in [2.05, 4.69) is 15.4 Å². The minimum absolute atomic E-state index is 0.279. The first kappa shape index (κ1) is 12.3. The van der Waals surface area contributed by atoms with E-state index in [-0.39, 0.29) is 6.54 Å². The minimum Gasteiger partial charge on any atom is -0.497 e. The zero-order chi connectivity index (χ0) is 13.0. The third kappa shape index (κ3) is 2.75. The van der Waals surface area contributed by atoms with Gasteiger partial charge in [-0.3, -0.25) is 0 Å². The fourth-order valence-electron chi connectivity index (χ4n) is 1.55. The van der Waals surface area contributed by atoms with Gasteiger partial charge in [-0.05, 0) is 22.9 Å². The van der Waals surface area contributed by atoms with Gasteiger partial charge in [0.15, 0.2) is 5.82 Å². The molecule has 0 saturated heterocycles. The molecular formula is C11H15N5O2. The zero-order valence-electron chi connectivity index (χ0n) is 10.3. The van der Waals surface area contributed by atoms with Gasteiger partial charge in [-0.1, -0.05) is 0 Å². The highest BCUT2D eigenvalue weighted by Gasteiger charge is 2.05. The lowest BCUT2D eigenvalue weighted by Gasteiger charge is -2.07. The van der Waals surface area contributed by atoms with Crippen molar-refractivity contribution in [2.45, 2.75) is 13.1 Å². The molecule has 18 heavy (non-hydrogen) atoms.